The third kappa shape index (κ3) is 7.94. The summed E-state index contributed by atoms with van der Waals surface area (Å²) in [6.07, 6.45) is 3.04. The highest BCUT2D eigenvalue weighted by molar-refractivity contribution is 5.73. The Balaban J connectivity index is 1.70. The molecule has 0 bridgehead atoms. The Kier molecular flexibility index (Phi) is 9.31. The number of hydrogen-bond donors (Lipinski definition) is 1. The predicted molar refractivity (Wildman–Crippen MR) is 134 cm³/mol. The van der Waals surface area contributed by atoms with E-state index in [-0.39, 0.29) is 5.97 Å². The maximum Gasteiger partial charge on any atom is 0.305 e. The van der Waals surface area contributed by atoms with Gasteiger partial charge in [-0.1, -0.05) is 42.5 Å². The third-order valence-corrected chi connectivity index (χ3v) is 5.13. The van der Waals surface area contributed by atoms with Gasteiger partial charge < -0.3 is 14.8 Å². The number of carbonyl (C=O) groups is 1. The number of anilines is 1. The summed E-state index contributed by atoms with van der Waals surface area (Å²) in [5.41, 5.74) is 5.22. The molecule has 0 fully saturated rings. The smallest absolute Gasteiger partial charge is 0.305 e. The molecular formula is C28H34N2O3. The number of unbranched alkanes of at least 4 members (excludes halogenated alkanes) is 2. The van der Waals surface area contributed by atoms with Crippen LogP contribution in [0.25, 0.3) is 22.4 Å². The Morgan fingerprint density at radius 3 is 2.36 bits per heavy atom. The molecule has 174 valence electrons. The van der Waals surface area contributed by atoms with Gasteiger partial charge in [0.2, 0.25) is 5.88 Å². The highest BCUT2D eigenvalue weighted by Crippen LogP contribution is 2.29. The molecule has 0 aliphatic heterocycles. The summed E-state index contributed by atoms with van der Waals surface area (Å²) in [7, 11) is 0. The molecule has 0 saturated carbocycles. The predicted octanol–water partition coefficient (Wildman–Crippen LogP) is 6.74. The van der Waals surface area contributed by atoms with Crippen molar-refractivity contribution in [1.82, 2.24) is 4.98 Å². The number of nitrogens with zero attached hydrogens (tertiary/aromatic N) is 1. The number of benzene rings is 2. The van der Waals surface area contributed by atoms with Crippen molar-refractivity contribution < 1.29 is 14.3 Å². The summed E-state index contributed by atoms with van der Waals surface area (Å²) in [6, 6.07) is 23.1. The number of aromatic nitrogens is 1. The lowest BCUT2D eigenvalue weighted by Gasteiger charge is -2.13. The van der Waals surface area contributed by atoms with Gasteiger partial charge in [-0.2, -0.15) is 0 Å². The maximum atomic E-state index is 11.4. The SMILES string of the molecule is CCOC(=O)CCCCCOc1cc(-c2ccc(NC(C)C)cc2)cc(-c2ccccc2)n1. The minimum absolute atomic E-state index is 0.130. The van der Waals surface area contributed by atoms with Crippen LogP contribution in [0.3, 0.4) is 0 Å². The Labute approximate surface area is 197 Å². The van der Waals surface area contributed by atoms with E-state index in [9.17, 15) is 4.79 Å². The number of ether oxygens (including phenoxy) is 2. The molecule has 0 spiro atoms. The summed E-state index contributed by atoms with van der Waals surface area (Å²) in [5.74, 6) is 0.482. The normalized spacial score (nSPS) is 10.8. The van der Waals surface area contributed by atoms with Gasteiger partial charge in [0.25, 0.3) is 0 Å². The molecule has 0 saturated heterocycles. The Morgan fingerprint density at radius 2 is 1.67 bits per heavy atom. The van der Waals surface area contributed by atoms with Crippen LogP contribution in [0.2, 0.25) is 0 Å². The molecule has 0 radical (unpaired) electrons. The van der Waals surface area contributed by atoms with Crippen LogP contribution in [0.1, 0.15) is 46.5 Å². The molecule has 0 amide bonds. The molecule has 3 rings (SSSR count). The monoisotopic (exact) mass is 446 g/mol. The average Bonchev–Trinajstić information content (AvgIpc) is 2.82. The molecule has 5 heteroatoms. The fourth-order valence-corrected chi connectivity index (χ4v) is 3.55. The van der Waals surface area contributed by atoms with E-state index in [1.165, 1.54) is 0 Å². The first-order chi connectivity index (χ1) is 16.0. The Hall–Kier alpha value is -3.34. The van der Waals surface area contributed by atoms with Gasteiger partial charge in [0.05, 0.1) is 18.9 Å². The van der Waals surface area contributed by atoms with Gasteiger partial charge in [-0.15, -0.1) is 0 Å². The maximum absolute atomic E-state index is 11.4. The first-order valence-corrected chi connectivity index (χ1v) is 11.8. The van der Waals surface area contributed by atoms with Crippen LogP contribution in [-0.4, -0.2) is 30.2 Å². The lowest BCUT2D eigenvalue weighted by molar-refractivity contribution is -0.143. The van der Waals surface area contributed by atoms with E-state index >= 15 is 0 Å². The molecule has 0 aliphatic rings. The molecule has 0 aliphatic carbocycles. The van der Waals surface area contributed by atoms with E-state index in [1.54, 1.807) is 0 Å². The van der Waals surface area contributed by atoms with Crippen molar-refractivity contribution in [3.05, 3.63) is 66.7 Å². The van der Waals surface area contributed by atoms with E-state index in [1.807, 2.05) is 31.2 Å². The molecule has 1 heterocycles. The zero-order valence-electron chi connectivity index (χ0n) is 19.8. The number of nitrogens with one attached hydrogen (secondary N) is 1. The lowest BCUT2D eigenvalue weighted by atomic mass is 10.0. The highest BCUT2D eigenvalue weighted by Gasteiger charge is 2.09. The van der Waals surface area contributed by atoms with Crippen LogP contribution in [0.15, 0.2) is 66.7 Å². The second-order valence-corrected chi connectivity index (χ2v) is 8.29. The molecule has 33 heavy (non-hydrogen) atoms. The van der Waals surface area contributed by atoms with Gasteiger partial charge in [-0.3, -0.25) is 4.79 Å². The quantitative estimate of drug-likeness (QED) is 0.247. The lowest BCUT2D eigenvalue weighted by Crippen LogP contribution is -2.09. The molecule has 0 unspecified atom stereocenters. The number of rotatable bonds is 12. The second-order valence-electron chi connectivity index (χ2n) is 8.29. The van der Waals surface area contributed by atoms with Crippen LogP contribution in [0.5, 0.6) is 5.88 Å². The largest absolute Gasteiger partial charge is 0.478 e. The summed E-state index contributed by atoms with van der Waals surface area (Å²) in [6.45, 7) is 7.08. The van der Waals surface area contributed by atoms with Gasteiger partial charge in [-0.25, -0.2) is 4.98 Å². The van der Waals surface area contributed by atoms with Gasteiger partial charge in [0.1, 0.15) is 0 Å². The first-order valence-electron chi connectivity index (χ1n) is 11.8. The molecule has 2 aromatic carbocycles. The number of hydrogen-bond acceptors (Lipinski definition) is 5. The topological polar surface area (TPSA) is 60.5 Å². The van der Waals surface area contributed by atoms with Gasteiger partial charge in [0, 0.05) is 29.8 Å². The van der Waals surface area contributed by atoms with Crippen LogP contribution in [0.4, 0.5) is 5.69 Å². The molecule has 0 atom stereocenters. The Bertz CT molecular complexity index is 1000. The summed E-state index contributed by atoms with van der Waals surface area (Å²) < 4.78 is 11.0. The van der Waals surface area contributed by atoms with Crippen LogP contribution < -0.4 is 10.1 Å². The van der Waals surface area contributed by atoms with Crippen molar-refractivity contribution in [1.29, 1.82) is 0 Å². The van der Waals surface area contributed by atoms with E-state index in [0.29, 0.717) is 31.6 Å². The van der Waals surface area contributed by atoms with Crippen molar-refractivity contribution in [2.45, 2.75) is 52.5 Å². The van der Waals surface area contributed by atoms with E-state index < -0.39 is 0 Å². The number of carbonyl (C=O) groups excluding carboxylic acids is 1. The first kappa shape index (κ1) is 24.3. The van der Waals surface area contributed by atoms with Crippen molar-refractivity contribution in [2.24, 2.45) is 0 Å². The van der Waals surface area contributed by atoms with Crippen molar-refractivity contribution in [3.63, 3.8) is 0 Å². The molecule has 5 nitrogen and oxygen atoms in total. The van der Waals surface area contributed by atoms with E-state index in [4.69, 9.17) is 14.5 Å². The third-order valence-electron chi connectivity index (χ3n) is 5.13. The fraction of sp³-hybridized carbons (Fsp3) is 0.357. The van der Waals surface area contributed by atoms with Gasteiger partial charge in [-0.05, 0) is 69.4 Å². The highest BCUT2D eigenvalue weighted by atomic mass is 16.5. The summed E-state index contributed by atoms with van der Waals surface area (Å²) in [5, 5.41) is 3.42. The van der Waals surface area contributed by atoms with Crippen molar-refractivity contribution in [2.75, 3.05) is 18.5 Å². The average molecular weight is 447 g/mol. The molecular weight excluding hydrogens is 412 g/mol. The van der Waals surface area contributed by atoms with Crippen LogP contribution >= 0.6 is 0 Å². The van der Waals surface area contributed by atoms with E-state index in [2.05, 4.69) is 61.6 Å². The van der Waals surface area contributed by atoms with Crippen LogP contribution in [0, 0.1) is 0 Å². The van der Waals surface area contributed by atoms with Crippen molar-refractivity contribution in [3.8, 4) is 28.3 Å². The number of esters is 1. The second kappa shape index (κ2) is 12.6. The molecule has 3 aromatic rings. The van der Waals surface area contributed by atoms with Gasteiger partial charge in [0.15, 0.2) is 0 Å². The van der Waals surface area contributed by atoms with Gasteiger partial charge >= 0.3 is 5.97 Å². The zero-order chi connectivity index (χ0) is 23.5. The standard InChI is InChI=1S/C28H34N2O3/c1-4-32-28(31)13-9-6-10-18-33-27-20-24(19-26(30-27)23-11-7-5-8-12-23)22-14-16-25(17-15-22)29-21(2)3/h5,7-8,11-12,14-17,19-21,29H,4,6,9-10,13,18H2,1-3H3. The molecule has 1 N–H and O–H groups in total. The van der Waals surface area contributed by atoms with Crippen LogP contribution in [-0.2, 0) is 9.53 Å². The summed E-state index contributed by atoms with van der Waals surface area (Å²) >= 11 is 0. The molecule has 1 aromatic heterocycles. The minimum atomic E-state index is -0.130. The number of pyridine rings is 1. The summed E-state index contributed by atoms with van der Waals surface area (Å²) in [4.78, 5) is 16.2. The zero-order valence-corrected chi connectivity index (χ0v) is 19.8. The minimum Gasteiger partial charge on any atom is -0.478 e. The van der Waals surface area contributed by atoms with E-state index in [0.717, 1.165) is 47.3 Å². The fourth-order valence-electron chi connectivity index (χ4n) is 3.55. The van der Waals surface area contributed by atoms with Crippen molar-refractivity contribution >= 4 is 11.7 Å². The Morgan fingerprint density at radius 1 is 0.909 bits per heavy atom.